The molecule has 1 amide bonds. The van der Waals surface area contributed by atoms with E-state index in [-0.39, 0.29) is 11.0 Å². The third-order valence-electron chi connectivity index (χ3n) is 5.63. The molecular weight excluding hydrogens is 398 g/mol. The minimum absolute atomic E-state index is 0.141. The number of aromatic nitrogens is 2. The third kappa shape index (κ3) is 4.23. The second-order valence-corrected chi connectivity index (χ2v) is 7.90. The van der Waals surface area contributed by atoms with Gasteiger partial charge in [0.05, 0.1) is 5.69 Å². The molecule has 2 aromatic heterocycles. The van der Waals surface area contributed by atoms with Gasteiger partial charge >= 0.3 is 0 Å². The molecule has 0 aliphatic heterocycles. The lowest BCUT2D eigenvalue weighted by Gasteiger charge is -2.22. The molecule has 0 atom stereocenters. The Hall–Kier alpha value is -3.99. The van der Waals surface area contributed by atoms with E-state index in [4.69, 9.17) is 0 Å². The van der Waals surface area contributed by atoms with Crippen molar-refractivity contribution < 1.29 is 4.79 Å². The van der Waals surface area contributed by atoms with E-state index >= 15 is 0 Å². The Balaban J connectivity index is 1.94. The number of amides is 1. The first-order valence-corrected chi connectivity index (χ1v) is 10.5. The molecule has 0 saturated carbocycles. The number of hydrogen-bond acceptors (Lipinski definition) is 3. The lowest BCUT2D eigenvalue weighted by Crippen LogP contribution is -2.27. The van der Waals surface area contributed by atoms with E-state index in [1.807, 2.05) is 86.0 Å². The molecule has 32 heavy (non-hydrogen) atoms. The normalized spacial score (nSPS) is 10.7. The maximum absolute atomic E-state index is 13.5. The van der Waals surface area contributed by atoms with E-state index in [1.165, 1.54) is 6.07 Å². The summed E-state index contributed by atoms with van der Waals surface area (Å²) < 4.78 is 2.03. The number of nitrogens with zero attached hydrogens (tertiary/aromatic N) is 2. The number of para-hydroxylation sites is 1. The van der Waals surface area contributed by atoms with Crippen LogP contribution in [0.4, 0.5) is 5.69 Å². The molecule has 0 aliphatic rings. The molecule has 2 heterocycles. The number of rotatable bonds is 5. The van der Waals surface area contributed by atoms with Crippen LogP contribution in [-0.2, 0) is 6.54 Å². The predicted molar refractivity (Wildman–Crippen MR) is 128 cm³/mol. The van der Waals surface area contributed by atoms with Crippen molar-refractivity contribution in [1.29, 1.82) is 0 Å². The van der Waals surface area contributed by atoms with Crippen LogP contribution in [0, 0.1) is 20.8 Å². The molecule has 0 saturated heterocycles. The van der Waals surface area contributed by atoms with Crippen LogP contribution >= 0.6 is 0 Å². The maximum Gasteiger partial charge on any atom is 0.261 e. The number of aryl methyl sites for hydroxylation is 3. The smallest absolute Gasteiger partial charge is 0.261 e. The quantitative estimate of drug-likeness (QED) is 0.484. The van der Waals surface area contributed by atoms with Gasteiger partial charge in [-0.05, 0) is 55.7 Å². The van der Waals surface area contributed by atoms with E-state index in [0.717, 1.165) is 27.9 Å². The first kappa shape index (κ1) is 21.2. The Morgan fingerprint density at radius 3 is 2.25 bits per heavy atom. The minimum atomic E-state index is -0.411. The topological polar surface area (TPSA) is 64.0 Å². The van der Waals surface area contributed by atoms with Crippen LogP contribution in [0.5, 0.6) is 0 Å². The summed E-state index contributed by atoms with van der Waals surface area (Å²) in [5.41, 5.74) is 5.76. The number of benzene rings is 2. The van der Waals surface area contributed by atoms with Crippen LogP contribution < -0.4 is 10.7 Å². The van der Waals surface area contributed by atoms with Gasteiger partial charge in [-0.25, -0.2) is 0 Å². The van der Waals surface area contributed by atoms with Gasteiger partial charge in [-0.3, -0.25) is 14.6 Å². The minimum Gasteiger partial charge on any atom is -0.340 e. The van der Waals surface area contributed by atoms with Crippen LogP contribution in [-0.4, -0.2) is 15.5 Å². The molecule has 0 spiro atoms. The molecule has 1 N–H and O–H groups in total. The Kier molecular flexibility index (Phi) is 5.99. The second kappa shape index (κ2) is 9.02. The van der Waals surface area contributed by atoms with Gasteiger partial charge < -0.3 is 9.88 Å². The summed E-state index contributed by atoms with van der Waals surface area (Å²) in [4.78, 5) is 30.8. The van der Waals surface area contributed by atoms with E-state index in [2.05, 4.69) is 10.3 Å². The zero-order valence-corrected chi connectivity index (χ0v) is 18.4. The summed E-state index contributed by atoms with van der Waals surface area (Å²) >= 11 is 0. The molecule has 0 aliphatic carbocycles. The summed E-state index contributed by atoms with van der Waals surface area (Å²) in [7, 11) is 0. The number of hydrogen-bond donors (Lipinski definition) is 1. The average molecular weight is 424 g/mol. The van der Waals surface area contributed by atoms with Gasteiger partial charge in [0.1, 0.15) is 5.56 Å². The van der Waals surface area contributed by atoms with Gasteiger partial charge in [0.15, 0.2) is 5.43 Å². The number of nitrogens with one attached hydrogen (secondary N) is 1. The van der Waals surface area contributed by atoms with Crippen LogP contribution in [0.25, 0.3) is 11.3 Å². The highest BCUT2D eigenvalue weighted by Gasteiger charge is 2.23. The summed E-state index contributed by atoms with van der Waals surface area (Å²) in [6, 6.07) is 20.8. The highest BCUT2D eigenvalue weighted by atomic mass is 16.2. The summed E-state index contributed by atoms with van der Waals surface area (Å²) in [6.45, 7) is 6.33. The standard InChI is InChI=1S/C27H25N3O2/c1-18-8-4-6-10-22(18)26-25(27(32)29-23-11-7-5-9-19(23)2)24(31)16-20(3)30(26)17-21-12-14-28-15-13-21/h4-16H,17H2,1-3H3,(H,29,32). The van der Waals surface area contributed by atoms with Crippen LogP contribution in [0.1, 0.15) is 32.7 Å². The van der Waals surface area contributed by atoms with Gasteiger partial charge in [0.25, 0.3) is 5.91 Å². The molecule has 0 radical (unpaired) electrons. The van der Waals surface area contributed by atoms with Crippen LogP contribution in [0.3, 0.4) is 0 Å². The van der Waals surface area contributed by atoms with E-state index < -0.39 is 5.91 Å². The molecule has 2 aromatic carbocycles. The van der Waals surface area contributed by atoms with Crippen molar-refractivity contribution in [1.82, 2.24) is 9.55 Å². The Labute approximate surface area is 187 Å². The van der Waals surface area contributed by atoms with Crippen LogP contribution in [0.2, 0.25) is 0 Å². The van der Waals surface area contributed by atoms with Gasteiger partial charge in [-0.15, -0.1) is 0 Å². The number of anilines is 1. The van der Waals surface area contributed by atoms with Crippen molar-refractivity contribution in [3.05, 3.63) is 117 Å². The monoisotopic (exact) mass is 423 g/mol. The van der Waals surface area contributed by atoms with Crippen molar-refractivity contribution in [2.24, 2.45) is 0 Å². The van der Waals surface area contributed by atoms with Crippen molar-refractivity contribution >= 4 is 11.6 Å². The molecule has 0 unspecified atom stereocenters. The lowest BCUT2D eigenvalue weighted by molar-refractivity contribution is 0.102. The number of carbonyl (C=O) groups is 1. The number of carbonyl (C=O) groups excluding carboxylic acids is 1. The average Bonchev–Trinajstić information content (AvgIpc) is 2.78. The molecule has 5 heteroatoms. The fourth-order valence-electron chi connectivity index (χ4n) is 3.88. The highest BCUT2D eigenvalue weighted by molar-refractivity contribution is 6.08. The van der Waals surface area contributed by atoms with Gasteiger partial charge in [0, 0.05) is 41.9 Å². The van der Waals surface area contributed by atoms with E-state index in [9.17, 15) is 9.59 Å². The fourth-order valence-corrected chi connectivity index (χ4v) is 3.88. The largest absolute Gasteiger partial charge is 0.340 e. The predicted octanol–water partition coefficient (Wildman–Crippen LogP) is 5.14. The fraction of sp³-hybridized carbons (Fsp3) is 0.148. The first-order valence-electron chi connectivity index (χ1n) is 10.5. The molecule has 5 nitrogen and oxygen atoms in total. The lowest BCUT2D eigenvalue weighted by atomic mass is 9.98. The molecule has 160 valence electrons. The van der Waals surface area contributed by atoms with E-state index in [0.29, 0.717) is 17.9 Å². The van der Waals surface area contributed by atoms with Crippen molar-refractivity contribution in [3.8, 4) is 11.3 Å². The number of pyridine rings is 2. The maximum atomic E-state index is 13.5. The third-order valence-corrected chi connectivity index (χ3v) is 5.63. The second-order valence-electron chi connectivity index (χ2n) is 7.90. The molecule has 4 aromatic rings. The van der Waals surface area contributed by atoms with Crippen molar-refractivity contribution in [2.75, 3.05) is 5.32 Å². The molecule has 4 rings (SSSR count). The van der Waals surface area contributed by atoms with Gasteiger partial charge in [-0.2, -0.15) is 0 Å². The zero-order chi connectivity index (χ0) is 22.7. The summed E-state index contributed by atoms with van der Waals surface area (Å²) in [6.07, 6.45) is 3.48. The highest BCUT2D eigenvalue weighted by Crippen LogP contribution is 2.28. The van der Waals surface area contributed by atoms with Crippen molar-refractivity contribution in [2.45, 2.75) is 27.3 Å². The van der Waals surface area contributed by atoms with Crippen LogP contribution in [0.15, 0.2) is 83.9 Å². The van der Waals surface area contributed by atoms with E-state index in [1.54, 1.807) is 12.4 Å². The SMILES string of the molecule is Cc1ccccc1NC(=O)c1c(-c2ccccc2C)n(Cc2ccncc2)c(C)cc1=O. The molecular formula is C27H25N3O2. The van der Waals surface area contributed by atoms with Gasteiger partial charge in [-0.1, -0.05) is 42.5 Å². The summed E-state index contributed by atoms with van der Waals surface area (Å²) in [5, 5.41) is 2.95. The molecule has 0 fully saturated rings. The first-order chi connectivity index (χ1) is 15.5. The Morgan fingerprint density at radius 2 is 1.56 bits per heavy atom. The van der Waals surface area contributed by atoms with Gasteiger partial charge in [0.2, 0.25) is 0 Å². The Bertz CT molecular complexity index is 1340. The molecule has 0 bridgehead atoms. The van der Waals surface area contributed by atoms with Crippen molar-refractivity contribution in [3.63, 3.8) is 0 Å². The summed E-state index contributed by atoms with van der Waals surface area (Å²) in [5.74, 6) is -0.411. The Morgan fingerprint density at radius 1 is 0.906 bits per heavy atom. The zero-order valence-electron chi connectivity index (χ0n) is 18.4.